The lowest BCUT2D eigenvalue weighted by atomic mass is 9.66. The van der Waals surface area contributed by atoms with Gasteiger partial charge in [0.05, 0.1) is 10.9 Å². The molecule has 3 unspecified atom stereocenters. The topological polar surface area (TPSA) is 71.1 Å². The van der Waals surface area contributed by atoms with Gasteiger partial charge in [-0.05, 0) is 77.2 Å². The molecule has 6 rings (SSSR count). The summed E-state index contributed by atoms with van der Waals surface area (Å²) >= 11 is 1.75. The van der Waals surface area contributed by atoms with E-state index in [2.05, 4.69) is 53.2 Å². The van der Waals surface area contributed by atoms with E-state index < -0.39 is 0 Å². The van der Waals surface area contributed by atoms with Crippen LogP contribution >= 0.6 is 11.3 Å². The van der Waals surface area contributed by atoms with Gasteiger partial charge in [0.2, 0.25) is 0 Å². The highest BCUT2D eigenvalue weighted by molar-refractivity contribution is 7.10. The van der Waals surface area contributed by atoms with Crippen LogP contribution in [0.3, 0.4) is 0 Å². The first-order valence-corrected chi connectivity index (χ1v) is 12.2. The Bertz CT molecular complexity index is 1330. The number of rotatable bonds is 4. The number of thiophene rings is 1. The molecule has 164 valence electrons. The Balaban J connectivity index is 1.46. The van der Waals surface area contributed by atoms with Crippen molar-refractivity contribution in [1.29, 1.82) is 5.41 Å². The Labute approximate surface area is 197 Å². The summed E-state index contributed by atoms with van der Waals surface area (Å²) in [5.74, 6) is 2.51. The van der Waals surface area contributed by atoms with Crippen molar-refractivity contribution in [2.45, 2.75) is 24.8 Å². The van der Waals surface area contributed by atoms with Crippen molar-refractivity contribution < 1.29 is 4.74 Å². The van der Waals surface area contributed by atoms with Gasteiger partial charge in [-0.1, -0.05) is 42.5 Å². The van der Waals surface area contributed by atoms with Crippen LogP contribution in [0.1, 0.15) is 45.5 Å². The molecule has 3 aromatic carbocycles. The Morgan fingerprint density at radius 3 is 2.64 bits per heavy atom. The molecule has 33 heavy (non-hydrogen) atoms. The van der Waals surface area contributed by atoms with Gasteiger partial charge in [0.25, 0.3) is 0 Å². The van der Waals surface area contributed by atoms with Crippen LogP contribution in [0, 0.1) is 11.3 Å². The van der Waals surface area contributed by atoms with Crippen LogP contribution in [0.5, 0.6) is 11.5 Å². The summed E-state index contributed by atoms with van der Waals surface area (Å²) in [5, 5.41) is 13.9. The van der Waals surface area contributed by atoms with Gasteiger partial charge in [-0.25, -0.2) is 0 Å². The minimum atomic E-state index is 0.109. The predicted octanol–water partition coefficient (Wildman–Crippen LogP) is 6.69. The number of nitrogen functional groups attached to an aromatic ring is 1. The second-order valence-corrected chi connectivity index (χ2v) is 9.73. The zero-order valence-corrected chi connectivity index (χ0v) is 18.9. The normalized spacial score (nSPS) is 20.7. The molecule has 0 spiro atoms. The molecule has 0 bridgehead atoms. The summed E-state index contributed by atoms with van der Waals surface area (Å²) in [5.41, 5.74) is 11.8. The van der Waals surface area contributed by atoms with Gasteiger partial charge in [-0.2, -0.15) is 0 Å². The van der Waals surface area contributed by atoms with E-state index in [-0.39, 0.29) is 17.8 Å². The second kappa shape index (κ2) is 8.09. The Kier molecular flexibility index (Phi) is 4.92. The van der Waals surface area contributed by atoms with Gasteiger partial charge in [0, 0.05) is 17.2 Å². The molecule has 0 amide bonds. The number of hydrogen-bond donors (Lipinski definition) is 3. The van der Waals surface area contributed by atoms with Gasteiger partial charge in [-0.3, -0.25) is 5.41 Å². The average Bonchev–Trinajstić information content (AvgIpc) is 3.31. The molecule has 4 N–H and O–H groups in total. The number of nitrogens with two attached hydrogens (primary N) is 1. The van der Waals surface area contributed by atoms with Crippen molar-refractivity contribution in [2.24, 2.45) is 11.7 Å². The molecule has 0 fully saturated rings. The molecule has 1 aliphatic heterocycles. The average molecular weight is 452 g/mol. The summed E-state index contributed by atoms with van der Waals surface area (Å²) in [6, 6.07) is 27.1. The Morgan fingerprint density at radius 2 is 1.79 bits per heavy atom. The number of benzene rings is 3. The van der Waals surface area contributed by atoms with Crippen molar-refractivity contribution in [3.05, 3.63) is 111 Å². The first kappa shape index (κ1) is 20.1. The predicted molar refractivity (Wildman–Crippen MR) is 135 cm³/mol. The van der Waals surface area contributed by atoms with Gasteiger partial charge >= 0.3 is 0 Å². The fourth-order valence-corrected chi connectivity index (χ4v) is 6.38. The van der Waals surface area contributed by atoms with E-state index in [4.69, 9.17) is 15.9 Å². The van der Waals surface area contributed by atoms with E-state index in [1.54, 1.807) is 11.3 Å². The number of amidine groups is 1. The molecule has 3 atom stereocenters. The third-order valence-electron chi connectivity index (χ3n) is 6.91. The quantitative estimate of drug-likeness (QED) is 0.239. The number of fused-ring (bicyclic) bond motifs is 5. The lowest BCUT2D eigenvalue weighted by Crippen LogP contribution is -2.35. The number of aryl methyl sites for hydroxylation is 1. The zero-order chi connectivity index (χ0) is 22.4. The van der Waals surface area contributed by atoms with Crippen molar-refractivity contribution in [2.75, 3.05) is 5.32 Å². The van der Waals surface area contributed by atoms with Crippen LogP contribution in [0.25, 0.3) is 0 Å². The van der Waals surface area contributed by atoms with Gasteiger partial charge < -0.3 is 15.8 Å². The van der Waals surface area contributed by atoms with E-state index in [9.17, 15) is 0 Å². The SMILES string of the molecule is N=C(N)c1ccc2c(c1)C1c3ccccc3CCC1C(c1sccc1Oc1ccccc1)N2. The van der Waals surface area contributed by atoms with Crippen LogP contribution in [-0.2, 0) is 6.42 Å². The van der Waals surface area contributed by atoms with E-state index in [1.807, 2.05) is 36.4 Å². The molecule has 1 aliphatic carbocycles. The lowest BCUT2D eigenvalue weighted by molar-refractivity contribution is 0.345. The molecular weight excluding hydrogens is 426 g/mol. The maximum atomic E-state index is 7.96. The second-order valence-electron chi connectivity index (χ2n) is 8.78. The van der Waals surface area contributed by atoms with Crippen molar-refractivity contribution >= 4 is 22.9 Å². The van der Waals surface area contributed by atoms with E-state index in [1.165, 1.54) is 21.6 Å². The molecule has 0 saturated heterocycles. The van der Waals surface area contributed by atoms with E-state index >= 15 is 0 Å². The summed E-state index contributed by atoms with van der Waals surface area (Å²) in [4.78, 5) is 1.23. The number of anilines is 1. The van der Waals surface area contributed by atoms with Crippen LogP contribution in [0.15, 0.2) is 84.2 Å². The van der Waals surface area contributed by atoms with Crippen LogP contribution in [0.2, 0.25) is 0 Å². The molecular formula is C28H25N3OS. The van der Waals surface area contributed by atoms with Crippen LogP contribution in [0.4, 0.5) is 5.69 Å². The van der Waals surface area contributed by atoms with Gasteiger partial charge in [0.1, 0.15) is 17.3 Å². The fourth-order valence-electron chi connectivity index (χ4n) is 5.43. The molecule has 0 radical (unpaired) electrons. The Morgan fingerprint density at radius 1 is 0.970 bits per heavy atom. The summed E-state index contributed by atoms with van der Waals surface area (Å²) in [6.45, 7) is 0. The Hall–Kier alpha value is -3.57. The van der Waals surface area contributed by atoms with Crippen molar-refractivity contribution in [3.8, 4) is 11.5 Å². The molecule has 1 aromatic heterocycles. The smallest absolute Gasteiger partial charge is 0.143 e. The van der Waals surface area contributed by atoms with E-state index in [0.29, 0.717) is 5.92 Å². The molecule has 5 heteroatoms. The number of ether oxygens (including phenoxy) is 1. The fraction of sp³-hybridized carbons (Fsp3) is 0.179. The summed E-state index contributed by atoms with van der Waals surface area (Å²) < 4.78 is 6.32. The largest absolute Gasteiger partial charge is 0.456 e. The maximum Gasteiger partial charge on any atom is 0.143 e. The van der Waals surface area contributed by atoms with Crippen molar-refractivity contribution in [1.82, 2.24) is 0 Å². The van der Waals surface area contributed by atoms with Crippen molar-refractivity contribution in [3.63, 3.8) is 0 Å². The standard InChI is InChI=1S/C28H25N3OS/c29-28(30)18-11-13-23-22(16-18)25-20-9-5-4-6-17(20)10-12-21(25)26(31-23)27-24(14-15-33-27)32-19-7-2-1-3-8-19/h1-9,11,13-16,21,25-26,31H,10,12H2,(H3,29,30). The first-order valence-electron chi connectivity index (χ1n) is 11.3. The highest BCUT2D eigenvalue weighted by atomic mass is 32.1. The highest BCUT2D eigenvalue weighted by Crippen LogP contribution is 2.55. The molecule has 0 saturated carbocycles. The molecule has 2 heterocycles. The minimum absolute atomic E-state index is 0.109. The molecule has 2 aliphatic rings. The van der Waals surface area contributed by atoms with Crippen LogP contribution < -0.4 is 15.8 Å². The lowest BCUT2D eigenvalue weighted by Gasteiger charge is -2.44. The zero-order valence-electron chi connectivity index (χ0n) is 18.1. The summed E-state index contributed by atoms with van der Waals surface area (Å²) in [7, 11) is 0. The highest BCUT2D eigenvalue weighted by Gasteiger charge is 2.42. The third kappa shape index (κ3) is 3.49. The number of nitrogens with one attached hydrogen (secondary N) is 2. The monoisotopic (exact) mass is 451 g/mol. The summed E-state index contributed by atoms with van der Waals surface area (Å²) in [6.07, 6.45) is 2.16. The van der Waals surface area contributed by atoms with Crippen LogP contribution in [-0.4, -0.2) is 5.84 Å². The molecule has 4 aromatic rings. The first-order chi connectivity index (χ1) is 16.2. The molecule has 4 nitrogen and oxygen atoms in total. The number of para-hydroxylation sites is 1. The van der Waals surface area contributed by atoms with Gasteiger partial charge in [-0.15, -0.1) is 11.3 Å². The maximum absolute atomic E-state index is 7.96. The van der Waals surface area contributed by atoms with E-state index in [0.717, 1.165) is 35.6 Å². The third-order valence-corrected chi connectivity index (χ3v) is 7.89. The number of hydrogen-bond acceptors (Lipinski definition) is 4. The van der Waals surface area contributed by atoms with Gasteiger partial charge in [0.15, 0.2) is 0 Å². The minimum Gasteiger partial charge on any atom is -0.456 e.